The molecule has 0 bridgehead atoms. The predicted octanol–water partition coefficient (Wildman–Crippen LogP) is 1.14. The summed E-state index contributed by atoms with van der Waals surface area (Å²) in [6, 6.07) is 3.79. The highest BCUT2D eigenvalue weighted by molar-refractivity contribution is 14.0. The molecule has 1 aromatic rings. The Hall–Kier alpha value is -1.25. The van der Waals surface area contributed by atoms with Crippen molar-refractivity contribution in [2.75, 3.05) is 33.2 Å². The molecule has 1 saturated heterocycles. The van der Waals surface area contributed by atoms with E-state index in [9.17, 15) is 4.79 Å². The number of hydrogen-bond acceptors (Lipinski definition) is 3. The van der Waals surface area contributed by atoms with E-state index in [1.54, 1.807) is 20.2 Å². The summed E-state index contributed by atoms with van der Waals surface area (Å²) >= 11 is 0. The van der Waals surface area contributed by atoms with Crippen LogP contribution in [0, 0.1) is 0 Å². The molecule has 0 aromatic carbocycles. The lowest BCUT2D eigenvalue weighted by atomic mass is 10.3. The first-order chi connectivity index (χ1) is 9.20. The third-order valence-corrected chi connectivity index (χ3v) is 3.24. The number of carbonyl (C=O) groups is 1. The van der Waals surface area contributed by atoms with Gasteiger partial charge < -0.3 is 19.5 Å². The molecule has 0 aliphatic carbocycles. The molecule has 2 rings (SSSR count). The number of furan rings is 1. The largest absolute Gasteiger partial charge is 0.467 e. The van der Waals surface area contributed by atoms with Gasteiger partial charge in [-0.3, -0.25) is 9.79 Å². The number of nitrogens with one attached hydrogen (secondary N) is 1. The second-order valence-electron chi connectivity index (χ2n) is 4.47. The lowest BCUT2D eigenvalue weighted by Gasteiger charge is -2.36. The summed E-state index contributed by atoms with van der Waals surface area (Å²) in [4.78, 5) is 19.6. The number of nitrogens with zero attached hydrogens (tertiary/aromatic N) is 3. The molecule has 1 N–H and O–H groups in total. The highest BCUT2D eigenvalue weighted by Gasteiger charge is 2.20. The second-order valence-corrected chi connectivity index (χ2v) is 4.47. The first-order valence-electron chi connectivity index (χ1n) is 6.44. The standard InChI is InChI=1S/C13H20N4O2.HI/c1-11(18)16-5-7-17(8-6-16)13(14-2)15-10-12-4-3-9-19-12;/h3-4,9H,5-8,10H2,1-2H3,(H,14,15);1H. The Labute approximate surface area is 136 Å². The first kappa shape index (κ1) is 16.8. The maximum atomic E-state index is 11.3. The van der Waals surface area contributed by atoms with Gasteiger partial charge in [-0.15, -0.1) is 24.0 Å². The summed E-state index contributed by atoms with van der Waals surface area (Å²) in [6.45, 7) is 5.33. The fourth-order valence-corrected chi connectivity index (χ4v) is 2.14. The molecule has 1 aliphatic rings. The minimum absolute atomic E-state index is 0. The smallest absolute Gasteiger partial charge is 0.219 e. The van der Waals surface area contributed by atoms with Gasteiger partial charge >= 0.3 is 0 Å². The molecule has 0 unspecified atom stereocenters. The van der Waals surface area contributed by atoms with Crippen molar-refractivity contribution in [1.82, 2.24) is 15.1 Å². The van der Waals surface area contributed by atoms with Crippen LogP contribution in [-0.2, 0) is 11.3 Å². The van der Waals surface area contributed by atoms with Gasteiger partial charge in [0, 0.05) is 40.2 Å². The average Bonchev–Trinajstić information content (AvgIpc) is 2.93. The van der Waals surface area contributed by atoms with Crippen LogP contribution in [0.3, 0.4) is 0 Å². The molecule has 1 fully saturated rings. The fraction of sp³-hybridized carbons (Fsp3) is 0.538. The third kappa shape index (κ3) is 4.39. The Bertz CT molecular complexity index is 439. The van der Waals surface area contributed by atoms with Gasteiger partial charge in [-0.1, -0.05) is 0 Å². The number of guanidine groups is 1. The summed E-state index contributed by atoms with van der Waals surface area (Å²) in [6.07, 6.45) is 1.66. The average molecular weight is 392 g/mol. The third-order valence-electron chi connectivity index (χ3n) is 3.24. The molecular formula is C13H21IN4O2. The van der Waals surface area contributed by atoms with Crippen LogP contribution in [0.25, 0.3) is 0 Å². The second kappa shape index (κ2) is 8.13. The van der Waals surface area contributed by atoms with Gasteiger partial charge in [-0.2, -0.15) is 0 Å². The first-order valence-corrected chi connectivity index (χ1v) is 6.44. The normalized spacial score (nSPS) is 15.8. The van der Waals surface area contributed by atoms with Crippen LogP contribution in [0.2, 0.25) is 0 Å². The van der Waals surface area contributed by atoms with E-state index in [4.69, 9.17) is 4.42 Å². The number of piperazine rings is 1. The van der Waals surface area contributed by atoms with Crippen LogP contribution in [0.4, 0.5) is 0 Å². The van der Waals surface area contributed by atoms with E-state index >= 15 is 0 Å². The van der Waals surface area contributed by atoms with Crippen molar-refractivity contribution >= 4 is 35.8 Å². The van der Waals surface area contributed by atoms with Crippen LogP contribution in [0.15, 0.2) is 27.8 Å². The summed E-state index contributed by atoms with van der Waals surface area (Å²) in [7, 11) is 1.77. The Morgan fingerprint density at radius 2 is 2.00 bits per heavy atom. The number of aliphatic imine (C=N–C) groups is 1. The molecule has 2 heterocycles. The van der Waals surface area contributed by atoms with Crippen molar-refractivity contribution < 1.29 is 9.21 Å². The molecule has 1 amide bonds. The van der Waals surface area contributed by atoms with Crippen molar-refractivity contribution in [3.63, 3.8) is 0 Å². The monoisotopic (exact) mass is 392 g/mol. The Morgan fingerprint density at radius 1 is 1.35 bits per heavy atom. The van der Waals surface area contributed by atoms with Crippen LogP contribution in [0.5, 0.6) is 0 Å². The SMILES string of the molecule is CN=C(NCc1ccco1)N1CCN(C(C)=O)CC1.I. The van der Waals surface area contributed by atoms with Gasteiger partial charge in [0.2, 0.25) is 5.91 Å². The Balaban J connectivity index is 0.00000200. The zero-order valence-electron chi connectivity index (χ0n) is 11.8. The molecule has 112 valence electrons. The number of amides is 1. The van der Waals surface area contributed by atoms with Gasteiger partial charge in [-0.05, 0) is 12.1 Å². The van der Waals surface area contributed by atoms with E-state index in [-0.39, 0.29) is 29.9 Å². The topological polar surface area (TPSA) is 61.1 Å². The summed E-state index contributed by atoms with van der Waals surface area (Å²) in [5.41, 5.74) is 0. The number of halogens is 1. The number of carbonyl (C=O) groups excluding carboxylic acids is 1. The van der Waals surface area contributed by atoms with Crippen LogP contribution in [-0.4, -0.2) is 54.9 Å². The van der Waals surface area contributed by atoms with E-state index in [2.05, 4.69) is 15.2 Å². The van der Waals surface area contributed by atoms with Crippen LogP contribution < -0.4 is 5.32 Å². The fourth-order valence-electron chi connectivity index (χ4n) is 2.14. The molecular weight excluding hydrogens is 371 g/mol. The molecule has 0 radical (unpaired) electrons. The quantitative estimate of drug-likeness (QED) is 0.466. The van der Waals surface area contributed by atoms with Crippen molar-refractivity contribution in [3.05, 3.63) is 24.2 Å². The molecule has 0 spiro atoms. The van der Waals surface area contributed by atoms with E-state index in [0.29, 0.717) is 6.54 Å². The van der Waals surface area contributed by atoms with Crippen molar-refractivity contribution in [2.45, 2.75) is 13.5 Å². The van der Waals surface area contributed by atoms with E-state index in [0.717, 1.165) is 37.9 Å². The lowest BCUT2D eigenvalue weighted by Crippen LogP contribution is -2.53. The zero-order valence-corrected chi connectivity index (χ0v) is 14.2. The van der Waals surface area contributed by atoms with Crippen LogP contribution >= 0.6 is 24.0 Å². The van der Waals surface area contributed by atoms with Gasteiger partial charge in [0.1, 0.15) is 5.76 Å². The van der Waals surface area contributed by atoms with Crippen molar-refractivity contribution in [1.29, 1.82) is 0 Å². The predicted molar refractivity (Wildman–Crippen MR) is 88.1 cm³/mol. The summed E-state index contributed by atoms with van der Waals surface area (Å²) in [5, 5.41) is 3.26. The van der Waals surface area contributed by atoms with E-state index in [1.807, 2.05) is 17.0 Å². The summed E-state index contributed by atoms with van der Waals surface area (Å²) < 4.78 is 5.28. The maximum absolute atomic E-state index is 11.3. The lowest BCUT2D eigenvalue weighted by molar-refractivity contribution is -0.130. The highest BCUT2D eigenvalue weighted by atomic mass is 127. The molecule has 20 heavy (non-hydrogen) atoms. The zero-order chi connectivity index (χ0) is 13.7. The Morgan fingerprint density at radius 3 is 2.50 bits per heavy atom. The maximum Gasteiger partial charge on any atom is 0.219 e. The minimum Gasteiger partial charge on any atom is -0.467 e. The van der Waals surface area contributed by atoms with Gasteiger partial charge in [0.15, 0.2) is 5.96 Å². The van der Waals surface area contributed by atoms with E-state index < -0.39 is 0 Å². The highest BCUT2D eigenvalue weighted by Crippen LogP contribution is 2.04. The minimum atomic E-state index is 0. The van der Waals surface area contributed by atoms with Gasteiger partial charge in [-0.25, -0.2) is 0 Å². The number of rotatable bonds is 2. The molecule has 0 atom stereocenters. The van der Waals surface area contributed by atoms with Gasteiger partial charge in [0.25, 0.3) is 0 Å². The number of hydrogen-bond donors (Lipinski definition) is 1. The van der Waals surface area contributed by atoms with Crippen molar-refractivity contribution in [2.24, 2.45) is 4.99 Å². The molecule has 7 heteroatoms. The molecule has 6 nitrogen and oxygen atoms in total. The van der Waals surface area contributed by atoms with Gasteiger partial charge in [0.05, 0.1) is 12.8 Å². The molecule has 0 saturated carbocycles. The summed E-state index contributed by atoms with van der Waals surface area (Å²) in [5.74, 6) is 1.86. The Kier molecular flexibility index (Phi) is 6.83. The van der Waals surface area contributed by atoms with E-state index in [1.165, 1.54) is 0 Å². The molecule has 1 aromatic heterocycles. The van der Waals surface area contributed by atoms with Crippen LogP contribution in [0.1, 0.15) is 12.7 Å². The molecule has 1 aliphatic heterocycles. The van der Waals surface area contributed by atoms with Crippen molar-refractivity contribution in [3.8, 4) is 0 Å².